The van der Waals surface area contributed by atoms with E-state index in [1.54, 1.807) is 4.57 Å². The third kappa shape index (κ3) is 4.12. The van der Waals surface area contributed by atoms with Crippen LogP contribution in [0.5, 0.6) is 5.75 Å². The van der Waals surface area contributed by atoms with E-state index in [0.29, 0.717) is 17.1 Å². The SMILES string of the molecule is O=C(Oc1ccc(F)c(F)c1)N(CC#CC1=Nc2c(c(=O)n(C3CC3)c(=O)n2C2CC2)C1)C1CCC1. The molecule has 186 valence electrons. The Morgan fingerprint density at radius 2 is 1.78 bits per heavy atom. The van der Waals surface area contributed by atoms with Gasteiger partial charge in [0.2, 0.25) is 0 Å². The minimum Gasteiger partial charge on any atom is -0.410 e. The van der Waals surface area contributed by atoms with Gasteiger partial charge in [0.1, 0.15) is 11.6 Å². The fraction of sp³-hybridized carbons (Fsp3) is 0.462. The van der Waals surface area contributed by atoms with E-state index in [2.05, 4.69) is 16.8 Å². The van der Waals surface area contributed by atoms with Crippen molar-refractivity contribution in [3.63, 3.8) is 0 Å². The molecule has 0 radical (unpaired) electrons. The molecule has 4 aliphatic rings. The number of rotatable bonds is 5. The molecule has 36 heavy (non-hydrogen) atoms. The lowest BCUT2D eigenvalue weighted by molar-refractivity contribution is 0.112. The predicted molar refractivity (Wildman–Crippen MR) is 127 cm³/mol. The van der Waals surface area contributed by atoms with Crippen molar-refractivity contribution in [3.8, 4) is 17.6 Å². The van der Waals surface area contributed by atoms with Crippen molar-refractivity contribution in [2.24, 2.45) is 4.99 Å². The first-order valence-corrected chi connectivity index (χ1v) is 12.3. The maximum atomic E-state index is 13.5. The monoisotopic (exact) mass is 494 g/mol. The Balaban J connectivity index is 1.21. The maximum Gasteiger partial charge on any atom is 0.416 e. The molecule has 2 aromatic rings. The van der Waals surface area contributed by atoms with E-state index in [1.807, 2.05) is 0 Å². The van der Waals surface area contributed by atoms with Gasteiger partial charge in [-0.3, -0.25) is 18.8 Å². The van der Waals surface area contributed by atoms with Gasteiger partial charge in [-0.05, 0) is 63.0 Å². The van der Waals surface area contributed by atoms with Crippen LogP contribution in [0.25, 0.3) is 0 Å². The van der Waals surface area contributed by atoms with Crippen molar-refractivity contribution in [2.45, 2.75) is 69.5 Å². The summed E-state index contributed by atoms with van der Waals surface area (Å²) in [5, 5.41) is 0. The Kier molecular flexibility index (Phi) is 5.51. The minimum absolute atomic E-state index is 0.0212. The summed E-state index contributed by atoms with van der Waals surface area (Å²) in [6, 6.07) is 2.93. The summed E-state index contributed by atoms with van der Waals surface area (Å²) in [6.07, 6.45) is 5.60. The summed E-state index contributed by atoms with van der Waals surface area (Å²) < 4.78 is 35.0. The van der Waals surface area contributed by atoms with Crippen LogP contribution in [0.15, 0.2) is 32.8 Å². The Morgan fingerprint density at radius 1 is 1.06 bits per heavy atom. The fourth-order valence-corrected chi connectivity index (χ4v) is 4.65. The van der Waals surface area contributed by atoms with E-state index in [1.165, 1.54) is 15.5 Å². The predicted octanol–water partition coefficient (Wildman–Crippen LogP) is 3.64. The molecule has 3 fully saturated rings. The standard InChI is InChI=1S/C26H24F2N4O4/c27-21-11-10-19(14-22(21)28)36-26(35)30(16-4-1-5-16)12-2-3-15-13-20-23(29-15)31(17-6-7-17)25(34)32(24(20)33)18-8-9-18/h10-11,14,16-18H,1,4-9,12-13H2. The van der Waals surface area contributed by atoms with Crippen molar-refractivity contribution in [1.82, 2.24) is 14.0 Å². The molecular formula is C26H24F2N4O4. The van der Waals surface area contributed by atoms with Crippen molar-refractivity contribution in [2.75, 3.05) is 6.54 Å². The highest BCUT2D eigenvalue weighted by Crippen LogP contribution is 2.40. The number of ether oxygens (including phenoxy) is 1. The Hall–Kier alpha value is -3.74. The van der Waals surface area contributed by atoms with E-state index >= 15 is 0 Å². The maximum absolute atomic E-state index is 13.5. The van der Waals surface area contributed by atoms with Gasteiger partial charge in [-0.1, -0.05) is 5.92 Å². The van der Waals surface area contributed by atoms with Crippen molar-refractivity contribution in [3.05, 3.63) is 56.2 Å². The topological polar surface area (TPSA) is 85.9 Å². The summed E-state index contributed by atoms with van der Waals surface area (Å²) in [7, 11) is 0. The molecule has 0 spiro atoms. The number of aromatic nitrogens is 2. The highest BCUT2D eigenvalue weighted by Gasteiger charge is 2.37. The number of hydrogen-bond donors (Lipinski definition) is 0. The zero-order valence-corrected chi connectivity index (χ0v) is 19.5. The van der Waals surface area contributed by atoms with Crippen LogP contribution in [0.1, 0.15) is 62.6 Å². The lowest BCUT2D eigenvalue weighted by Crippen LogP contribution is -2.45. The van der Waals surface area contributed by atoms with E-state index in [0.717, 1.165) is 57.1 Å². The second-order valence-electron chi connectivity index (χ2n) is 9.79. The highest BCUT2D eigenvalue weighted by atomic mass is 19.2. The molecule has 3 saturated carbocycles. The van der Waals surface area contributed by atoms with Crippen molar-refractivity contribution in [1.29, 1.82) is 0 Å². The molecule has 2 heterocycles. The van der Waals surface area contributed by atoms with E-state index in [4.69, 9.17) is 4.74 Å². The van der Waals surface area contributed by atoms with Crippen LogP contribution in [0.4, 0.5) is 19.4 Å². The fourth-order valence-electron chi connectivity index (χ4n) is 4.65. The lowest BCUT2D eigenvalue weighted by Gasteiger charge is -2.35. The number of aliphatic imine (C=N–C) groups is 1. The molecule has 1 aromatic carbocycles. The van der Waals surface area contributed by atoms with Crippen molar-refractivity contribution < 1.29 is 18.3 Å². The highest BCUT2D eigenvalue weighted by molar-refractivity contribution is 6.06. The van der Waals surface area contributed by atoms with Crippen molar-refractivity contribution >= 4 is 17.6 Å². The van der Waals surface area contributed by atoms with E-state index in [-0.39, 0.29) is 48.1 Å². The molecule has 0 unspecified atom stereocenters. The minimum atomic E-state index is -1.10. The van der Waals surface area contributed by atoms with Gasteiger partial charge < -0.3 is 4.74 Å². The lowest BCUT2D eigenvalue weighted by atomic mass is 9.92. The molecule has 10 heteroatoms. The molecule has 1 aliphatic heterocycles. The molecule has 8 nitrogen and oxygen atoms in total. The summed E-state index contributed by atoms with van der Waals surface area (Å²) in [6.45, 7) is 0.0598. The van der Waals surface area contributed by atoms with Gasteiger partial charge in [0.25, 0.3) is 5.56 Å². The average Bonchev–Trinajstić information content (AvgIpc) is 3.74. The third-order valence-corrected chi connectivity index (χ3v) is 7.12. The van der Waals surface area contributed by atoms with Crippen LogP contribution in [-0.4, -0.2) is 38.4 Å². The molecule has 6 rings (SSSR count). The number of amides is 1. The number of benzene rings is 1. The molecule has 0 N–H and O–H groups in total. The first-order valence-electron chi connectivity index (χ1n) is 12.3. The Bertz CT molecular complexity index is 1470. The van der Waals surface area contributed by atoms with Gasteiger partial charge in [-0.15, -0.1) is 0 Å². The summed E-state index contributed by atoms with van der Waals surface area (Å²) >= 11 is 0. The largest absolute Gasteiger partial charge is 0.416 e. The second-order valence-corrected chi connectivity index (χ2v) is 9.79. The quantitative estimate of drug-likeness (QED) is 0.594. The average molecular weight is 494 g/mol. The smallest absolute Gasteiger partial charge is 0.410 e. The van der Waals surface area contributed by atoms with Crippen LogP contribution >= 0.6 is 0 Å². The van der Waals surface area contributed by atoms with Crippen LogP contribution in [-0.2, 0) is 6.42 Å². The van der Waals surface area contributed by atoms with Gasteiger partial charge in [-0.25, -0.2) is 23.4 Å². The molecule has 0 atom stereocenters. The normalized spacial score (nSPS) is 18.6. The van der Waals surface area contributed by atoms with Gasteiger partial charge in [0.15, 0.2) is 11.6 Å². The van der Waals surface area contributed by atoms with Gasteiger partial charge in [-0.2, -0.15) is 0 Å². The molecule has 0 bridgehead atoms. The van der Waals surface area contributed by atoms with Crippen LogP contribution in [0.2, 0.25) is 0 Å². The number of nitrogens with zero attached hydrogens (tertiary/aromatic N) is 4. The Morgan fingerprint density at radius 3 is 2.42 bits per heavy atom. The number of carbonyl (C=O) groups excluding carboxylic acids is 1. The number of carbonyl (C=O) groups is 1. The first kappa shape index (κ1) is 22.7. The zero-order chi connectivity index (χ0) is 25.0. The van der Waals surface area contributed by atoms with E-state index < -0.39 is 17.7 Å². The second kappa shape index (κ2) is 8.73. The van der Waals surface area contributed by atoms with Gasteiger partial charge in [0.05, 0.1) is 17.8 Å². The summed E-state index contributed by atoms with van der Waals surface area (Å²) in [5.74, 6) is 4.15. The van der Waals surface area contributed by atoms with Crippen LogP contribution < -0.4 is 16.0 Å². The molecule has 1 aromatic heterocycles. The number of halogens is 2. The summed E-state index contributed by atoms with van der Waals surface area (Å²) in [5.41, 5.74) is 0.428. The van der Waals surface area contributed by atoms with Crippen LogP contribution in [0.3, 0.4) is 0 Å². The molecule has 0 saturated heterocycles. The molecule has 3 aliphatic carbocycles. The molecular weight excluding hydrogens is 470 g/mol. The van der Waals surface area contributed by atoms with Gasteiger partial charge in [0, 0.05) is 30.6 Å². The van der Waals surface area contributed by atoms with E-state index in [9.17, 15) is 23.2 Å². The number of fused-ring (bicyclic) bond motifs is 1. The zero-order valence-electron chi connectivity index (χ0n) is 19.5. The third-order valence-electron chi connectivity index (χ3n) is 7.12. The van der Waals surface area contributed by atoms with Crippen LogP contribution in [0, 0.1) is 23.5 Å². The number of hydrogen-bond acceptors (Lipinski definition) is 5. The molecule has 1 amide bonds. The summed E-state index contributed by atoms with van der Waals surface area (Å²) in [4.78, 5) is 44.8. The first-order chi connectivity index (χ1) is 17.4. The Labute approximate surface area is 205 Å². The van der Waals surface area contributed by atoms with Gasteiger partial charge >= 0.3 is 11.8 Å².